The number of hydrogen-bond donors (Lipinski definition) is 1. The van der Waals surface area contributed by atoms with E-state index in [1.165, 1.54) is 6.07 Å². The summed E-state index contributed by atoms with van der Waals surface area (Å²) in [6, 6.07) is 4.93. The minimum Gasteiger partial charge on any atom is -0.392 e. The number of para-hydroxylation sites is 1. The van der Waals surface area contributed by atoms with Crippen molar-refractivity contribution in [2.75, 3.05) is 18.0 Å². The summed E-state index contributed by atoms with van der Waals surface area (Å²) in [4.78, 5) is 2.08. The molecule has 18 heavy (non-hydrogen) atoms. The molecule has 2 nitrogen and oxygen atoms in total. The Morgan fingerprint density at radius 1 is 1.33 bits per heavy atom. The molecular formula is C15H22FNO. The highest BCUT2D eigenvalue weighted by Crippen LogP contribution is 2.31. The van der Waals surface area contributed by atoms with E-state index in [1.807, 2.05) is 0 Å². The monoisotopic (exact) mass is 251 g/mol. The molecule has 0 aliphatic carbocycles. The molecule has 3 heteroatoms. The second-order valence-electron chi connectivity index (χ2n) is 5.47. The van der Waals surface area contributed by atoms with Gasteiger partial charge in [-0.15, -0.1) is 0 Å². The molecule has 0 saturated carbocycles. The molecule has 0 amide bonds. The highest BCUT2D eigenvalue weighted by molar-refractivity contribution is 5.55. The highest BCUT2D eigenvalue weighted by atomic mass is 19.1. The number of aliphatic hydroxyl groups is 1. The highest BCUT2D eigenvalue weighted by Gasteiger charge is 2.24. The summed E-state index contributed by atoms with van der Waals surface area (Å²) >= 11 is 0. The first-order valence-corrected chi connectivity index (χ1v) is 6.76. The minimum absolute atomic E-state index is 0.1000. The molecule has 1 aromatic rings. The van der Waals surface area contributed by atoms with Crippen LogP contribution in [-0.4, -0.2) is 18.2 Å². The third kappa shape index (κ3) is 2.66. The normalized spacial score (nSPS) is 17.5. The van der Waals surface area contributed by atoms with E-state index in [4.69, 9.17) is 0 Å². The van der Waals surface area contributed by atoms with Crippen molar-refractivity contribution < 1.29 is 9.50 Å². The Labute approximate surface area is 108 Å². The van der Waals surface area contributed by atoms with Crippen LogP contribution >= 0.6 is 0 Å². The molecule has 0 unspecified atom stereocenters. The quantitative estimate of drug-likeness (QED) is 0.891. The molecule has 0 atom stereocenters. The van der Waals surface area contributed by atoms with Crippen LogP contribution < -0.4 is 4.90 Å². The van der Waals surface area contributed by atoms with Crippen molar-refractivity contribution in [2.45, 2.75) is 33.3 Å². The number of piperidine rings is 1. The molecule has 1 fully saturated rings. The smallest absolute Gasteiger partial charge is 0.146 e. The molecule has 1 N–H and O–H groups in total. The van der Waals surface area contributed by atoms with Crippen molar-refractivity contribution in [3.63, 3.8) is 0 Å². The topological polar surface area (TPSA) is 23.5 Å². The lowest BCUT2D eigenvalue weighted by Crippen LogP contribution is -2.36. The maximum absolute atomic E-state index is 13.9. The maximum Gasteiger partial charge on any atom is 0.146 e. The Balaban J connectivity index is 2.14. The van der Waals surface area contributed by atoms with E-state index in [1.54, 1.807) is 12.1 Å². The average molecular weight is 251 g/mol. The predicted molar refractivity (Wildman–Crippen MR) is 72.1 cm³/mol. The molecule has 0 radical (unpaired) electrons. The number of anilines is 1. The van der Waals surface area contributed by atoms with Crippen molar-refractivity contribution in [3.8, 4) is 0 Å². The fourth-order valence-corrected chi connectivity index (χ4v) is 2.83. The number of hydrogen-bond acceptors (Lipinski definition) is 2. The summed E-state index contributed by atoms with van der Waals surface area (Å²) < 4.78 is 13.9. The van der Waals surface area contributed by atoms with Crippen molar-refractivity contribution in [2.24, 2.45) is 11.8 Å². The van der Waals surface area contributed by atoms with E-state index in [-0.39, 0.29) is 12.4 Å². The van der Waals surface area contributed by atoms with Crippen LogP contribution in [0.2, 0.25) is 0 Å². The van der Waals surface area contributed by atoms with Crippen LogP contribution in [0.4, 0.5) is 10.1 Å². The van der Waals surface area contributed by atoms with Gasteiger partial charge in [0.25, 0.3) is 0 Å². The molecule has 0 bridgehead atoms. The molecule has 0 aromatic heterocycles. The molecule has 1 saturated heterocycles. The SMILES string of the molecule is CC(C)C1CCN(c2c(F)cccc2CO)CC1. The van der Waals surface area contributed by atoms with E-state index in [0.717, 1.165) is 31.8 Å². The van der Waals surface area contributed by atoms with Crippen LogP contribution in [0.15, 0.2) is 18.2 Å². The fraction of sp³-hybridized carbons (Fsp3) is 0.600. The zero-order chi connectivity index (χ0) is 13.1. The lowest BCUT2D eigenvalue weighted by Gasteiger charge is -2.36. The number of halogens is 1. The maximum atomic E-state index is 13.9. The van der Waals surface area contributed by atoms with Gasteiger partial charge in [-0.05, 0) is 30.7 Å². The first-order valence-electron chi connectivity index (χ1n) is 6.76. The molecule has 1 aliphatic heterocycles. The Hall–Kier alpha value is -1.09. The summed E-state index contributed by atoms with van der Waals surface area (Å²) in [6.45, 7) is 6.18. The Kier molecular flexibility index (Phi) is 4.23. The zero-order valence-corrected chi connectivity index (χ0v) is 11.2. The number of aliphatic hydroxyl groups excluding tert-OH is 1. The summed E-state index contributed by atoms with van der Waals surface area (Å²) in [6.07, 6.45) is 2.22. The lowest BCUT2D eigenvalue weighted by atomic mass is 9.86. The van der Waals surface area contributed by atoms with E-state index in [2.05, 4.69) is 18.7 Å². The van der Waals surface area contributed by atoms with E-state index >= 15 is 0 Å². The van der Waals surface area contributed by atoms with Gasteiger partial charge in [-0.2, -0.15) is 0 Å². The van der Waals surface area contributed by atoms with Gasteiger partial charge >= 0.3 is 0 Å². The van der Waals surface area contributed by atoms with Crippen LogP contribution in [-0.2, 0) is 6.61 Å². The molecule has 0 spiro atoms. The van der Waals surface area contributed by atoms with Crippen molar-refractivity contribution in [1.29, 1.82) is 0 Å². The Morgan fingerprint density at radius 3 is 2.56 bits per heavy atom. The third-order valence-electron chi connectivity index (χ3n) is 4.04. The number of nitrogens with zero attached hydrogens (tertiary/aromatic N) is 1. The predicted octanol–water partition coefficient (Wildman–Crippen LogP) is 3.19. The minimum atomic E-state index is -0.218. The lowest BCUT2D eigenvalue weighted by molar-refractivity contribution is 0.279. The van der Waals surface area contributed by atoms with Crippen molar-refractivity contribution in [3.05, 3.63) is 29.6 Å². The van der Waals surface area contributed by atoms with Gasteiger partial charge in [0.2, 0.25) is 0 Å². The molecule has 1 aliphatic rings. The molecule has 1 aromatic carbocycles. The number of benzene rings is 1. The van der Waals surface area contributed by atoms with E-state index in [9.17, 15) is 9.50 Å². The summed E-state index contributed by atoms with van der Waals surface area (Å²) in [5.41, 5.74) is 1.29. The zero-order valence-electron chi connectivity index (χ0n) is 11.2. The van der Waals surface area contributed by atoms with Crippen LogP contribution in [0.3, 0.4) is 0 Å². The number of rotatable bonds is 3. The van der Waals surface area contributed by atoms with Crippen LogP contribution in [0.5, 0.6) is 0 Å². The Bertz CT molecular complexity index is 397. The van der Waals surface area contributed by atoms with Gasteiger partial charge in [-0.25, -0.2) is 4.39 Å². The Morgan fingerprint density at radius 2 is 2.00 bits per heavy atom. The van der Waals surface area contributed by atoms with Gasteiger partial charge in [0.05, 0.1) is 12.3 Å². The van der Waals surface area contributed by atoms with Crippen LogP contribution in [0.25, 0.3) is 0 Å². The second kappa shape index (κ2) is 5.70. The summed E-state index contributed by atoms with van der Waals surface area (Å²) in [5.74, 6) is 1.22. The van der Waals surface area contributed by atoms with Gasteiger partial charge in [0, 0.05) is 18.7 Å². The molecule has 1 heterocycles. The summed E-state index contributed by atoms with van der Waals surface area (Å²) in [7, 11) is 0. The van der Waals surface area contributed by atoms with Gasteiger partial charge in [0.1, 0.15) is 5.82 Å². The standard InChI is InChI=1S/C15H22FNO/c1-11(2)12-6-8-17(9-7-12)15-13(10-18)4-3-5-14(15)16/h3-5,11-12,18H,6-10H2,1-2H3. The summed E-state index contributed by atoms with van der Waals surface area (Å²) in [5, 5.41) is 9.32. The van der Waals surface area contributed by atoms with Crippen molar-refractivity contribution in [1.82, 2.24) is 0 Å². The largest absolute Gasteiger partial charge is 0.392 e. The second-order valence-corrected chi connectivity index (χ2v) is 5.47. The molecule has 2 rings (SSSR count). The van der Waals surface area contributed by atoms with Gasteiger partial charge in [-0.1, -0.05) is 26.0 Å². The molecule has 100 valence electrons. The van der Waals surface area contributed by atoms with Crippen molar-refractivity contribution >= 4 is 5.69 Å². The van der Waals surface area contributed by atoms with Gasteiger partial charge in [-0.3, -0.25) is 0 Å². The first kappa shape index (κ1) is 13.3. The molecular weight excluding hydrogens is 229 g/mol. The van der Waals surface area contributed by atoms with Gasteiger partial charge < -0.3 is 10.0 Å². The third-order valence-corrected chi connectivity index (χ3v) is 4.04. The van der Waals surface area contributed by atoms with Crippen LogP contribution in [0.1, 0.15) is 32.3 Å². The van der Waals surface area contributed by atoms with Crippen LogP contribution in [0, 0.1) is 17.7 Å². The van der Waals surface area contributed by atoms with E-state index < -0.39 is 0 Å². The van der Waals surface area contributed by atoms with E-state index in [0.29, 0.717) is 17.2 Å². The first-order chi connectivity index (χ1) is 8.63. The average Bonchev–Trinajstić information content (AvgIpc) is 2.38. The van der Waals surface area contributed by atoms with Gasteiger partial charge in [0.15, 0.2) is 0 Å². The fourth-order valence-electron chi connectivity index (χ4n) is 2.83.